The molecular weight excluding hydrogens is 361 g/mol. The predicted molar refractivity (Wildman–Crippen MR) is 115 cm³/mol. The topological polar surface area (TPSA) is 20.3 Å². The molecule has 1 aliphatic rings. The molecule has 0 unspecified atom stereocenters. The van der Waals surface area contributed by atoms with Gasteiger partial charge in [0.2, 0.25) is 0 Å². The highest BCUT2D eigenvalue weighted by Crippen LogP contribution is 2.39. The summed E-state index contributed by atoms with van der Waals surface area (Å²) in [7, 11) is 0. The minimum atomic E-state index is -0.307. The fraction of sp³-hybridized carbons (Fsp3) is 0.192. The van der Waals surface area contributed by atoms with Crippen LogP contribution in [0.3, 0.4) is 0 Å². The lowest BCUT2D eigenvalue weighted by Gasteiger charge is -2.26. The average Bonchev–Trinajstić information content (AvgIpc) is 3.05. The van der Waals surface area contributed by atoms with Crippen molar-refractivity contribution in [2.24, 2.45) is 0 Å². The molecule has 4 rings (SSSR count). The molecule has 3 heteroatoms. The standard InChI is InChI=1S/C26H24FNO/c1-18-11-13-24(14-12-18)28-25(21-9-6-10-23(27)16-21)17-22(26(28)29)15-19(2)20-7-4-3-5-8-20/h3-14,16-17,19,25H,15H2,1-2H3/t19-,25+/m0/s1. The molecule has 0 saturated carbocycles. The van der Waals surface area contributed by atoms with Crippen molar-refractivity contribution in [1.29, 1.82) is 0 Å². The van der Waals surface area contributed by atoms with E-state index in [1.54, 1.807) is 11.0 Å². The van der Waals surface area contributed by atoms with Gasteiger partial charge in [0.05, 0.1) is 6.04 Å². The Labute approximate surface area is 171 Å². The number of hydrogen-bond acceptors (Lipinski definition) is 1. The van der Waals surface area contributed by atoms with Gasteiger partial charge in [0, 0.05) is 11.3 Å². The van der Waals surface area contributed by atoms with Crippen molar-refractivity contribution in [3.63, 3.8) is 0 Å². The van der Waals surface area contributed by atoms with Crippen molar-refractivity contribution in [3.05, 3.63) is 113 Å². The number of carbonyl (C=O) groups excluding carboxylic acids is 1. The first kappa shape index (κ1) is 19.1. The maximum absolute atomic E-state index is 13.9. The van der Waals surface area contributed by atoms with Gasteiger partial charge < -0.3 is 0 Å². The van der Waals surface area contributed by atoms with E-state index in [-0.39, 0.29) is 23.7 Å². The Balaban J connectivity index is 1.69. The fourth-order valence-corrected chi connectivity index (χ4v) is 3.92. The monoisotopic (exact) mass is 385 g/mol. The number of halogens is 1. The smallest absolute Gasteiger partial charge is 0.254 e. The van der Waals surface area contributed by atoms with Gasteiger partial charge >= 0.3 is 0 Å². The Bertz CT molecular complexity index is 1040. The van der Waals surface area contributed by atoms with Crippen molar-refractivity contribution in [1.82, 2.24) is 0 Å². The van der Waals surface area contributed by atoms with Gasteiger partial charge in [-0.3, -0.25) is 9.69 Å². The van der Waals surface area contributed by atoms with Gasteiger partial charge in [-0.2, -0.15) is 0 Å². The van der Waals surface area contributed by atoms with Crippen LogP contribution in [0.15, 0.2) is 90.5 Å². The largest absolute Gasteiger partial charge is 0.298 e. The summed E-state index contributed by atoms with van der Waals surface area (Å²) in [5.74, 6) is -0.0817. The molecule has 2 atom stereocenters. The van der Waals surface area contributed by atoms with Crippen molar-refractivity contribution in [2.75, 3.05) is 4.90 Å². The lowest BCUT2D eigenvalue weighted by atomic mass is 9.93. The molecule has 0 saturated heterocycles. The number of hydrogen-bond donors (Lipinski definition) is 0. The Hall–Kier alpha value is -3.20. The summed E-state index contributed by atoms with van der Waals surface area (Å²) < 4.78 is 13.9. The number of amides is 1. The molecule has 1 amide bonds. The van der Waals surface area contributed by atoms with E-state index in [2.05, 4.69) is 19.1 Å². The van der Waals surface area contributed by atoms with E-state index in [9.17, 15) is 9.18 Å². The van der Waals surface area contributed by atoms with Gasteiger partial charge in [0.25, 0.3) is 5.91 Å². The summed E-state index contributed by atoms with van der Waals surface area (Å²) in [5.41, 5.74) is 4.72. The highest BCUT2D eigenvalue weighted by atomic mass is 19.1. The van der Waals surface area contributed by atoms with Crippen LogP contribution in [-0.4, -0.2) is 5.91 Å². The van der Waals surface area contributed by atoms with E-state index >= 15 is 0 Å². The minimum Gasteiger partial charge on any atom is -0.298 e. The molecule has 3 aromatic carbocycles. The molecule has 0 bridgehead atoms. The number of nitrogens with zero attached hydrogens (tertiary/aromatic N) is 1. The minimum absolute atomic E-state index is 0.00843. The van der Waals surface area contributed by atoms with Crippen LogP contribution in [0, 0.1) is 12.7 Å². The van der Waals surface area contributed by atoms with Crippen LogP contribution in [0.4, 0.5) is 10.1 Å². The highest BCUT2D eigenvalue weighted by molar-refractivity contribution is 6.09. The maximum atomic E-state index is 13.9. The lowest BCUT2D eigenvalue weighted by molar-refractivity contribution is -0.115. The van der Waals surface area contributed by atoms with Crippen molar-refractivity contribution >= 4 is 11.6 Å². The van der Waals surface area contributed by atoms with Crippen LogP contribution in [0.25, 0.3) is 0 Å². The Morgan fingerprint density at radius 3 is 2.38 bits per heavy atom. The zero-order valence-electron chi connectivity index (χ0n) is 16.7. The molecule has 1 heterocycles. The first-order chi connectivity index (χ1) is 14.0. The van der Waals surface area contributed by atoms with Gasteiger partial charge in [0.15, 0.2) is 0 Å². The highest BCUT2D eigenvalue weighted by Gasteiger charge is 2.35. The van der Waals surface area contributed by atoms with Crippen LogP contribution in [0.5, 0.6) is 0 Å². The SMILES string of the molecule is Cc1ccc(N2C(=O)C(C[C@H](C)c3ccccc3)=C[C@@H]2c2cccc(F)c2)cc1. The van der Waals surface area contributed by atoms with Crippen LogP contribution in [0.2, 0.25) is 0 Å². The third kappa shape index (κ3) is 4.00. The summed E-state index contributed by atoms with van der Waals surface area (Å²) >= 11 is 0. The van der Waals surface area contributed by atoms with Crippen LogP contribution >= 0.6 is 0 Å². The third-order valence-electron chi connectivity index (χ3n) is 5.53. The number of benzene rings is 3. The summed E-state index contributed by atoms with van der Waals surface area (Å²) in [5, 5.41) is 0. The summed E-state index contributed by atoms with van der Waals surface area (Å²) in [6.45, 7) is 4.15. The van der Waals surface area contributed by atoms with Gasteiger partial charge in [-0.05, 0) is 60.7 Å². The van der Waals surface area contributed by atoms with Crippen molar-refractivity contribution in [2.45, 2.75) is 32.2 Å². The lowest BCUT2D eigenvalue weighted by Crippen LogP contribution is -2.29. The van der Waals surface area contributed by atoms with Crippen LogP contribution in [0.1, 0.15) is 42.0 Å². The van der Waals surface area contributed by atoms with E-state index < -0.39 is 0 Å². The summed E-state index contributed by atoms with van der Waals surface area (Å²) in [6, 6.07) is 24.3. The molecule has 0 aliphatic carbocycles. The normalized spacial score (nSPS) is 17.3. The first-order valence-corrected chi connectivity index (χ1v) is 9.94. The maximum Gasteiger partial charge on any atom is 0.254 e. The van der Waals surface area contributed by atoms with Gasteiger partial charge in [-0.25, -0.2) is 4.39 Å². The second kappa shape index (κ2) is 8.04. The first-order valence-electron chi connectivity index (χ1n) is 9.94. The van der Waals surface area contributed by atoms with Gasteiger partial charge in [0.1, 0.15) is 5.82 Å². The number of aryl methyl sites for hydroxylation is 1. The molecule has 146 valence electrons. The van der Waals surface area contributed by atoms with Crippen molar-refractivity contribution < 1.29 is 9.18 Å². The van der Waals surface area contributed by atoms with E-state index in [1.165, 1.54) is 17.7 Å². The van der Waals surface area contributed by atoms with Gasteiger partial charge in [-0.15, -0.1) is 0 Å². The zero-order valence-corrected chi connectivity index (χ0v) is 16.7. The third-order valence-corrected chi connectivity index (χ3v) is 5.53. The van der Waals surface area contributed by atoms with E-state index in [1.807, 2.05) is 61.5 Å². The van der Waals surface area contributed by atoms with E-state index in [0.717, 1.165) is 22.4 Å². The Morgan fingerprint density at radius 2 is 1.69 bits per heavy atom. The summed E-state index contributed by atoms with van der Waals surface area (Å²) in [6.07, 6.45) is 2.65. The van der Waals surface area contributed by atoms with Crippen LogP contribution < -0.4 is 4.90 Å². The molecule has 0 spiro atoms. The molecule has 2 nitrogen and oxygen atoms in total. The number of rotatable bonds is 5. The molecule has 3 aromatic rings. The fourth-order valence-electron chi connectivity index (χ4n) is 3.92. The second-order valence-corrected chi connectivity index (χ2v) is 7.72. The summed E-state index contributed by atoms with van der Waals surface area (Å²) in [4.78, 5) is 15.2. The van der Waals surface area contributed by atoms with Crippen LogP contribution in [-0.2, 0) is 4.79 Å². The Morgan fingerprint density at radius 1 is 0.966 bits per heavy atom. The zero-order chi connectivity index (χ0) is 20.4. The average molecular weight is 385 g/mol. The predicted octanol–water partition coefficient (Wildman–Crippen LogP) is 6.34. The molecule has 1 aliphatic heterocycles. The molecule has 0 fully saturated rings. The van der Waals surface area contributed by atoms with E-state index in [0.29, 0.717) is 6.42 Å². The molecule has 29 heavy (non-hydrogen) atoms. The molecule has 0 N–H and O–H groups in total. The molecule has 0 radical (unpaired) electrons. The quantitative estimate of drug-likeness (QED) is 0.502. The molecule has 0 aromatic heterocycles. The van der Waals surface area contributed by atoms with E-state index in [4.69, 9.17) is 0 Å². The number of anilines is 1. The molecular formula is C26H24FNO. The second-order valence-electron chi connectivity index (χ2n) is 7.72. The number of carbonyl (C=O) groups is 1. The van der Waals surface area contributed by atoms with Crippen molar-refractivity contribution in [3.8, 4) is 0 Å². The van der Waals surface area contributed by atoms with Gasteiger partial charge in [-0.1, -0.05) is 67.1 Å². The Kier molecular flexibility index (Phi) is 5.30.